The van der Waals surface area contributed by atoms with Crippen LogP contribution in [0.1, 0.15) is 44.2 Å². The van der Waals surface area contributed by atoms with Crippen LogP contribution in [0.4, 0.5) is 0 Å². The Morgan fingerprint density at radius 2 is 1.75 bits per heavy atom. The molecule has 1 heterocycles. The van der Waals surface area contributed by atoms with Crippen molar-refractivity contribution in [1.82, 2.24) is 15.3 Å². The monoisotopic (exact) mass is 275 g/mol. The number of piperazine rings is 1. The predicted octanol–water partition coefficient (Wildman–Crippen LogP) is 3.06. The van der Waals surface area contributed by atoms with Crippen molar-refractivity contribution in [3.05, 3.63) is 35.9 Å². The van der Waals surface area contributed by atoms with E-state index in [0.717, 1.165) is 26.2 Å². The van der Waals surface area contributed by atoms with E-state index in [2.05, 4.69) is 59.6 Å². The van der Waals surface area contributed by atoms with Crippen molar-refractivity contribution in [3.63, 3.8) is 0 Å². The minimum Gasteiger partial charge on any atom is -0.304 e. The lowest BCUT2D eigenvalue weighted by atomic mass is 10.0. The molecule has 1 fully saturated rings. The SMILES string of the molecule is CCCCCC(NN1CCN(C)CC1)c1ccccc1. The van der Waals surface area contributed by atoms with E-state index in [4.69, 9.17) is 0 Å². The zero-order valence-electron chi connectivity index (χ0n) is 13.0. The number of rotatable bonds is 7. The van der Waals surface area contributed by atoms with Crippen molar-refractivity contribution in [3.8, 4) is 0 Å². The van der Waals surface area contributed by atoms with E-state index in [-0.39, 0.29) is 0 Å². The van der Waals surface area contributed by atoms with Gasteiger partial charge in [0, 0.05) is 32.2 Å². The first-order chi connectivity index (χ1) is 9.79. The van der Waals surface area contributed by atoms with Crippen LogP contribution in [0.25, 0.3) is 0 Å². The average Bonchev–Trinajstić information content (AvgIpc) is 2.49. The van der Waals surface area contributed by atoms with Crippen LogP contribution in [0.3, 0.4) is 0 Å². The molecule has 1 saturated heterocycles. The van der Waals surface area contributed by atoms with Crippen molar-refractivity contribution in [2.24, 2.45) is 0 Å². The Balaban J connectivity index is 1.92. The summed E-state index contributed by atoms with van der Waals surface area (Å²) in [6, 6.07) is 11.4. The molecule has 20 heavy (non-hydrogen) atoms. The first-order valence-corrected chi connectivity index (χ1v) is 8.04. The molecule has 0 aromatic heterocycles. The van der Waals surface area contributed by atoms with E-state index in [1.807, 2.05) is 0 Å². The second-order valence-corrected chi connectivity index (χ2v) is 5.88. The molecule has 1 atom stereocenters. The van der Waals surface area contributed by atoms with Crippen LogP contribution in [0.2, 0.25) is 0 Å². The first kappa shape index (κ1) is 15.5. The summed E-state index contributed by atoms with van der Waals surface area (Å²) in [5.41, 5.74) is 5.18. The molecular formula is C17H29N3. The van der Waals surface area contributed by atoms with Gasteiger partial charge in [-0.1, -0.05) is 56.5 Å². The van der Waals surface area contributed by atoms with Crippen molar-refractivity contribution in [1.29, 1.82) is 0 Å². The Labute approximate surface area is 123 Å². The Bertz CT molecular complexity index is 358. The van der Waals surface area contributed by atoms with Crippen LogP contribution < -0.4 is 5.43 Å². The molecule has 1 aliphatic heterocycles. The fourth-order valence-electron chi connectivity index (χ4n) is 2.75. The van der Waals surface area contributed by atoms with Crippen LogP contribution in [-0.2, 0) is 0 Å². The van der Waals surface area contributed by atoms with Crippen molar-refractivity contribution in [2.45, 2.75) is 38.6 Å². The zero-order chi connectivity index (χ0) is 14.2. The highest BCUT2D eigenvalue weighted by atomic mass is 15.5. The largest absolute Gasteiger partial charge is 0.304 e. The average molecular weight is 275 g/mol. The fourth-order valence-corrected chi connectivity index (χ4v) is 2.75. The summed E-state index contributed by atoms with van der Waals surface area (Å²) in [5.74, 6) is 0. The topological polar surface area (TPSA) is 18.5 Å². The van der Waals surface area contributed by atoms with Crippen LogP contribution in [0.15, 0.2) is 30.3 Å². The second kappa shape index (κ2) is 8.40. The molecule has 0 saturated carbocycles. The van der Waals surface area contributed by atoms with E-state index < -0.39 is 0 Å². The highest BCUT2D eigenvalue weighted by molar-refractivity contribution is 5.18. The highest BCUT2D eigenvalue weighted by Crippen LogP contribution is 2.20. The number of hydrogen-bond donors (Lipinski definition) is 1. The molecule has 1 N–H and O–H groups in total. The maximum atomic E-state index is 3.76. The van der Waals surface area contributed by atoms with E-state index in [1.165, 1.54) is 31.2 Å². The van der Waals surface area contributed by atoms with Crippen molar-refractivity contribution < 1.29 is 0 Å². The normalized spacial score (nSPS) is 19.1. The van der Waals surface area contributed by atoms with E-state index in [9.17, 15) is 0 Å². The Morgan fingerprint density at radius 3 is 2.40 bits per heavy atom. The van der Waals surface area contributed by atoms with E-state index in [1.54, 1.807) is 0 Å². The van der Waals surface area contributed by atoms with E-state index in [0.29, 0.717) is 6.04 Å². The minimum atomic E-state index is 0.464. The Morgan fingerprint density at radius 1 is 1.05 bits per heavy atom. The third kappa shape index (κ3) is 4.89. The van der Waals surface area contributed by atoms with Crippen LogP contribution in [-0.4, -0.2) is 43.1 Å². The van der Waals surface area contributed by atoms with Gasteiger partial charge in [-0.25, -0.2) is 10.4 Å². The van der Waals surface area contributed by atoms with Gasteiger partial charge in [-0.05, 0) is 19.0 Å². The van der Waals surface area contributed by atoms with Crippen LogP contribution in [0.5, 0.6) is 0 Å². The molecule has 0 spiro atoms. The number of benzene rings is 1. The molecule has 0 radical (unpaired) electrons. The summed E-state index contributed by atoms with van der Waals surface area (Å²) >= 11 is 0. The minimum absolute atomic E-state index is 0.464. The summed E-state index contributed by atoms with van der Waals surface area (Å²) in [5, 5.41) is 2.41. The third-order valence-electron chi connectivity index (χ3n) is 4.14. The summed E-state index contributed by atoms with van der Waals surface area (Å²) < 4.78 is 0. The molecule has 2 rings (SSSR count). The van der Waals surface area contributed by atoms with Crippen LogP contribution >= 0.6 is 0 Å². The highest BCUT2D eigenvalue weighted by Gasteiger charge is 2.18. The molecule has 3 nitrogen and oxygen atoms in total. The van der Waals surface area contributed by atoms with Crippen LogP contribution in [0, 0.1) is 0 Å². The Kier molecular flexibility index (Phi) is 6.51. The molecule has 0 aliphatic carbocycles. The van der Waals surface area contributed by atoms with Gasteiger partial charge in [0.2, 0.25) is 0 Å². The molecule has 0 amide bonds. The molecule has 112 valence electrons. The number of nitrogens with zero attached hydrogens (tertiary/aromatic N) is 2. The summed E-state index contributed by atoms with van der Waals surface area (Å²) in [6.07, 6.45) is 5.14. The number of hydrogen-bond acceptors (Lipinski definition) is 3. The van der Waals surface area contributed by atoms with Gasteiger partial charge in [-0.3, -0.25) is 0 Å². The molecule has 3 heteroatoms. The standard InChI is InChI=1S/C17H29N3/c1-3-4-6-11-17(16-9-7-5-8-10-16)18-20-14-12-19(2)13-15-20/h5,7-10,17-18H,3-4,6,11-15H2,1-2H3. The van der Waals surface area contributed by atoms with Gasteiger partial charge >= 0.3 is 0 Å². The lowest BCUT2D eigenvalue weighted by Crippen LogP contribution is -2.51. The van der Waals surface area contributed by atoms with Gasteiger partial charge in [0.15, 0.2) is 0 Å². The lowest BCUT2D eigenvalue weighted by molar-refractivity contribution is 0.0841. The maximum absolute atomic E-state index is 3.76. The van der Waals surface area contributed by atoms with Gasteiger partial charge in [-0.2, -0.15) is 0 Å². The van der Waals surface area contributed by atoms with Gasteiger partial charge in [0.1, 0.15) is 0 Å². The molecule has 1 aromatic rings. The number of unbranched alkanes of at least 4 members (excludes halogenated alkanes) is 2. The smallest absolute Gasteiger partial charge is 0.0464 e. The summed E-state index contributed by atoms with van der Waals surface area (Å²) in [6.45, 7) is 6.82. The van der Waals surface area contributed by atoms with Crippen molar-refractivity contribution >= 4 is 0 Å². The van der Waals surface area contributed by atoms with Gasteiger partial charge < -0.3 is 4.90 Å². The predicted molar refractivity (Wildman–Crippen MR) is 85.5 cm³/mol. The lowest BCUT2D eigenvalue weighted by Gasteiger charge is -2.35. The molecule has 1 aliphatic rings. The number of nitrogens with one attached hydrogen (secondary N) is 1. The van der Waals surface area contributed by atoms with Gasteiger partial charge in [0.05, 0.1) is 0 Å². The summed E-state index contributed by atoms with van der Waals surface area (Å²) in [7, 11) is 2.20. The zero-order valence-corrected chi connectivity index (χ0v) is 13.0. The third-order valence-corrected chi connectivity index (χ3v) is 4.14. The fraction of sp³-hybridized carbons (Fsp3) is 0.647. The van der Waals surface area contributed by atoms with Gasteiger partial charge in [-0.15, -0.1) is 0 Å². The Hall–Kier alpha value is -0.900. The van der Waals surface area contributed by atoms with Gasteiger partial charge in [0.25, 0.3) is 0 Å². The first-order valence-electron chi connectivity index (χ1n) is 8.04. The number of hydrazine groups is 1. The maximum Gasteiger partial charge on any atom is 0.0464 e. The van der Waals surface area contributed by atoms with Crippen molar-refractivity contribution in [2.75, 3.05) is 33.2 Å². The number of likely N-dealkylation sites (N-methyl/N-ethyl adjacent to an activating group) is 1. The molecule has 0 bridgehead atoms. The molecular weight excluding hydrogens is 246 g/mol. The summed E-state index contributed by atoms with van der Waals surface area (Å²) in [4.78, 5) is 2.40. The molecule has 1 aromatic carbocycles. The molecule has 1 unspecified atom stereocenters. The quantitative estimate of drug-likeness (QED) is 0.772. The van der Waals surface area contributed by atoms with E-state index >= 15 is 0 Å². The second-order valence-electron chi connectivity index (χ2n) is 5.88.